The van der Waals surface area contributed by atoms with E-state index in [1.54, 1.807) is 0 Å². The van der Waals surface area contributed by atoms with E-state index in [2.05, 4.69) is 85.0 Å². The van der Waals surface area contributed by atoms with Gasteiger partial charge in [-0.2, -0.15) is 0 Å². The molecule has 4 aromatic rings. The molecule has 2 aromatic carbocycles. The highest BCUT2D eigenvalue weighted by Gasteiger charge is 2.23. The van der Waals surface area contributed by atoms with Gasteiger partial charge < -0.3 is 9.47 Å². The standard InChI is InChI=1S/C24H24N2S/c1-16-7-9-22-20(13-16)21-15-25(3)12-11-23(21)26(22)19-6-4-5-18(14-19)24-10-8-17(2)27-24/h4-10,13-14H,11-12,15H2,1-3H3. The van der Waals surface area contributed by atoms with Crippen LogP contribution in [0.1, 0.15) is 21.7 Å². The van der Waals surface area contributed by atoms with Crippen LogP contribution in [0.25, 0.3) is 27.0 Å². The van der Waals surface area contributed by atoms with Gasteiger partial charge in [0.2, 0.25) is 0 Å². The lowest BCUT2D eigenvalue weighted by Gasteiger charge is -2.24. The fourth-order valence-corrected chi connectivity index (χ4v) is 5.15. The second-order valence-corrected chi connectivity index (χ2v) is 9.02. The van der Waals surface area contributed by atoms with Crippen LogP contribution in [0.3, 0.4) is 0 Å². The van der Waals surface area contributed by atoms with Crippen molar-refractivity contribution >= 4 is 22.2 Å². The van der Waals surface area contributed by atoms with Crippen LogP contribution in [0.2, 0.25) is 0 Å². The molecule has 0 amide bonds. The van der Waals surface area contributed by atoms with Crippen LogP contribution >= 0.6 is 11.3 Å². The average Bonchev–Trinajstić information content (AvgIpc) is 3.23. The molecule has 2 nitrogen and oxygen atoms in total. The molecule has 0 saturated heterocycles. The largest absolute Gasteiger partial charge is 0.313 e. The molecule has 0 N–H and O–H groups in total. The Balaban J connectivity index is 1.74. The van der Waals surface area contributed by atoms with E-state index in [0.717, 1.165) is 19.5 Å². The van der Waals surface area contributed by atoms with Crippen LogP contribution in [0.5, 0.6) is 0 Å². The van der Waals surface area contributed by atoms with Crippen LogP contribution in [0.15, 0.2) is 54.6 Å². The number of hydrogen-bond acceptors (Lipinski definition) is 2. The third kappa shape index (κ3) is 2.82. The van der Waals surface area contributed by atoms with E-state index in [1.807, 2.05) is 11.3 Å². The third-order valence-electron chi connectivity index (χ3n) is 5.62. The number of likely N-dealkylation sites (N-methyl/N-ethyl adjacent to an activating group) is 1. The summed E-state index contributed by atoms with van der Waals surface area (Å²) < 4.78 is 2.50. The van der Waals surface area contributed by atoms with E-state index in [1.165, 1.54) is 48.7 Å². The predicted octanol–water partition coefficient (Wildman–Crippen LogP) is 5.96. The van der Waals surface area contributed by atoms with Gasteiger partial charge in [-0.1, -0.05) is 23.8 Å². The van der Waals surface area contributed by atoms with Crippen molar-refractivity contribution in [2.75, 3.05) is 13.6 Å². The lowest BCUT2D eigenvalue weighted by Crippen LogP contribution is -2.27. The number of rotatable bonds is 2. The third-order valence-corrected chi connectivity index (χ3v) is 6.67. The van der Waals surface area contributed by atoms with Crippen LogP contribution in [0.4, 0.5) is 0 Å². The highest BCUT2D eigenvalue weighted by molar-refractivity contribution is 7.15. The van der Waals surface area contributed by atoms with E-state index in [0.29, 0.717) is 0 Å². The van der Waals surface area contributed by atoms with Crippen molar-refractivity contribution in [3.8, 4) is 16.1 Å². The Kier molecular flexibility index (Phi) is 3.96. The number of aromatic nitrogens is 1. The van der Waals surface area contributed by atoms with Gasteiger partial charge >= 0.3 is 0 Å². The van der Waals surface area contributed by atoms with Gasteiger partial charge in [0, 0.05) is 46.0 Å². The number of hydrogen-bond donors (Lipinski definition) is 0. The summed E-state index contributed by atoms with van der Waals surface area (Å²) in [4.78, 5) is 5.13. The molecular formula is C24H24N2S. The summed E-state index contributed by atoms with van der Waals surface area (Å²) in [6, 6.07) is 20.4. The van der Waals surface area contributed by atoms with E-state index in [-0.39, 0.29) is 0 Å². The molecule has 0 fully saturated rings. The Bertz CT molecular complexity index is 1150. The van der Waals surface area contributed by atoms with Crippen LogP contribution < -0.4 is 0 Å². The molecule has 3 heteroatoms. The van der Waals surface area contributed by atoms with Gasteiger partial charge in [0.1, 0.15) is 0 Å². The SMILES string of the molecule is Cc1ccc2c(c1)c1c(n2-c2cccc(-c3ccc(C)s3)c2)CCN(C)C1. The molecule has 0 bridgehead atoms. The normalized spacial score (nSPS) is 14.6. The molecule has 27 heavy (non-hydrogen) atoms. The summed E-state index contributed by atoms with van der Waals surface area (Å²) in [6.45, 7) is 6.51. The molecule has 0 spiro atoms. The molecule has 1 aliphatic rings. The molecule has 0 atom stereocenters. The molecule has 0 aliphatic carbocycles. The Morgan fingerprint density at radius 2 is 1.85 bits per heavy atom. The predicted molar refractivity (Wildman–Crippen MR) is 116 cm³/mol. The Hall–Kier alpha value is -2.36. The van der Waals surface area contributed by atoms with Crippen molar-refractivity contribution < 1.29 is 0 Å². The van der Waals surface area contributed by atoms with Crippen LogP contribution in [0, 0.1) is 13.8 Å². The molecule has 5 rings (SSSR count). The average molecular weight is 373 g/mol. The molecule has 2 aromatic heterocycles. The molecule has 136 valence electrons. The highest BCUT2D eigenvalue weighted by Crippen LogP contribution is 2.35. The number of nitrogens with zero attached hydrogens (tertiary/aromatic N) is 2. The maximum atomic E-state index is 2.50. The zero-order valence-corrected chi connectivity index (χ0v) is 16.9. The lowest BCUT2D eigenvalue weighted by molar-refractivity contribution is 0.311. The number of aryl methyl sites for hydroxylation is 2. The summed E-state index contributed by atoms with van der Waals surface area (Å²) in [7, 11) is 2.22. The smallest absolute Gasteiger partial charge is 0.0535 e. The summed E-state index contributed by atoms with van der Waals surface area (Å²) >= 11 is 1.87. The number of thiophene rings is 1. The van der Waals surface area contributed by atoms with Gasteiger partial charge in [0.25, 0.3) is 0 Å². The molecule has 3 heterocycles. The first-order valence-corrected chi connectivity index (χ1v) is 10.4. The maximum Gasteiger partial charge on any atom is 0.0535 e. The summed E-state index contributed by atoms with van der Waals surface area (Å²) in [5.74, 6) is 0. The molecule has 0 saturated carbocycles. The summed E-state index contributed by atoms with van der Waals surface area (Å²) in [5, 5.41) is 1.41. The quantitative estimate of drug-likeness (QED) is 0.421. The minimum atomic E-state index is 1.03. The lowest BCUT2D eigenvalue weighted by atomic mass is 10.0. The van der Waals surface area contributed by atoms with Gasteiger partial charge in [-0.05, 0) is 68.4 Å². The van der Waals surface area contributed by atoms with Gasteiger partial charge in [-0.3, -0.25) is 0 Å². The fraction of sp³-hybridized carbons (Fsp3) is 0.250. The first-order chi connectivity index (χ1) is 13.1. The first kappa shape index (κ1) is 16.8. The molecule has 0 unspecified atom stereocenters. The number of benzene rings is 2. The van der Waals surface area contributed by atoms with Crippen molar-refractivity contribution in [2.24, 2.45) is 0 Å². The second-order valence-electron chi connectivity index (χ2n) is 7.73. The minimum Gasteiger partial charge on any atom is -0.313 e. The Morgan fingerprint density at radius 3 is 2.67 bits per heavy atom. The van der Waals surface area contributed by atoms with E-state index >= 15 is 0 Å². The number of fused-ring (bicyclic) bond motifs is 3. The topological polar surface area (TPSA) is 8.17 Å². The van der Waals surface area contributed by atoms with Gasteiger partial charge in [0.15, 0.2) is 0 Å². The van der Waals surface area contributed by atoms with Gasteiger partial charge in [-0.25, -0.2) is 0 Å². The zero-order chi connectivity index (χ0) is 18.5. The van der Waals surface area contributed by atoms with E-state index < -0.39 is 0 Å². The van der Waals surface area contributed by atoms with Crippen LogP contribution in [-0.4, -0.2) is 23.1 Å². The minimum absolute atomic E-state index is 1.03. The first-order valence-electron chi connectivity index (χ1n) is 9.59. The summed E-state index contributed by atoms with van der Waals surface area (Å²) in [6.07, 6.45) is 1.10. The fourth-order valence-electron chi connectivity index (χ4n) is 4.29. The van der Waals surface area contributed by atoms with Crippen molar-refractivity contribution in [3.63, 3.8) is 0 Å². The summed E-state index contributed by atoms with van der Waals surface area (Å²) in [5.41, 5.74) is 8.23. The highest BCUT2D eigenvalue weighted by atomic mass is 32.1. The second kappa shape index (κ2) is 6.36. The van der Waals surface area contributed by atoms with Crippen molar-refractivity contribution in [1.82, 2.24) is 9.47 Å². The van der Waals surface area contributed by atoms with Crippen molar-refractivity contribution in [2.45, 2.75) is 26.8 Å². The Morgan fingerprint density at radius 1 is 0.963 bits per heavy atom. The van der Waals surface area contributed by atoms with Crippen molar-refractivity contribution in [1.29, 1.82) is 0 Å². The maximum absolute atomic E-state index is 2.50. The van der Waals surface area contributed by atoms with Gasteiger partial charge in [-0.15, -0.1) is 11.3 Å². The van der Waals surface area contributed by atoms with Crippen molar-refractivity contribution in [3.05, 3.63) is 76.3 Å². The monoisotopic (exact) mass is 372 g/mol. The van der Waals surface area contributed by atoms with Gasteiger partial charge in [0.05, 0.1) is 5.52 Å². The Labute approximate surface area is 164 Å². The van der Waals surface area contributed by atoms with E-state index in [9.17, 15) is 0 Å². The van der Waals surface area contributed by atoms with Crippen LogP contribution in [-0.2, 0) is 13.0 Å². The molecular weight excluding hydrogens is 348 g/mol. The molecule has 0 radical (unpaired) electrons. The molecule has 1 aliphatic heterocycles. The van der Waals surface area contributed by atoms with E-state index in [4.69, 9.17) is 0 Å². The zero-order valence-electron chi connectivity index (χ0n) is 16.1.